The number of aryl methyl sites for hydroxylation is 2. The molecule has 0 amide bonds. The van der Waals surface area contributed by atoms with Gasteiger partial charge in [0, 0.05) is 38.4 Å². The number of H-pyrrole nitrogens is 1. The lowest BCUT2D eigenvalue weighted by molar-refractivity contribution is 0.233. The molecule has 0 aliphatic rings. The van der Waals surface area contributed by atoms with E-state index in [0.717, 1.165) is 37.7 Å². The second-order valence-corrected chi connectivity index (χ2v) is 9.60. The lowest BCUT2D eigenvalue weighted by Gasteiger charge is -2.21. The monoisotopic (exact) mass is 472 g/mol. The van der Waals surface area contributed by atoms with E-state index in [4.69, 9.17) is 0 Å². The minimum Gasteiger partial charge on any atom is -0.348 e. The van der Waals surface area contributed by atoms with Gasteiger partial charge in [-0.25, -0.2) is 9.97 Å². The zero-order valence-corrected chi connectivity index (χ0v) is 21.6. The molecule has 4 rings (SSSR count). The van der Waals surface area contributed by atoms with E-state index >= 15 is 0 Å². The Hall–Kier alpha value is -2.96. The van der Waals surface area contributed by atoms with Crippen molar-refractivity contribution in [1.82, 2.24) is 29.3 Å². The molecule has 0 fully saturated rings. The summed E-state index contributed by atoms with van der Waals surface area (Å²) in [6, 6.07) is 13.9. The normalized spacial score (nSPS) is 11.8. The Morgan fingerprint density at radius 3 is 2.20 bits per heavy atom. The fourth-order valence-electron chi connectivity index (χ4n) is 4.84. The Labute approximate surface area is 210 Å². The number of nitrogens with one attached hydrogen (secondary N) is 1. The third kappa shape index (κ3) is 7.26. The van der Waals surface area contributed by atoms with E-state index in [2.05, 4.69) is 79.6 Å². The Balaban J connectivity index is 1.41. The Bertz CT molecular complexity index is 1160. The number of aromatic amines is 1. The van der Waals surface area contributed by atoms with Gasteiger partial charge in [0.25, 0.3) is 0 Å². The van der Waals surface area contributed by atoms with Crippen molar-refractivity contribution in [2.45, 2.75) is 59.2 Å². The highest BCUT2D eigenvalue weighted by Crippen LogP contribution is 2.21. The Morgan fingerprint density at radius 2 is 1.54 bits per heavy atom. The minimum absolute atomic E-state index is 0.754. The molecule has 0 spiro atoms. The second-order valence-electron chi connectivity index (χ2n) is 9.60. The smallest absolute Gasteiger partial charge is 0.122 e. The van der Waals surface area contributed by atoms with E-state index in [9.17, 15) is 0 Å². The molecule has 0 aliphatic heterocycles. The number of benzene rings is 2. The zero-order chi connectivity index (χ0) is 24.5. The van der Waals surface area contributed by atoms with Crippen molar-refractivity contribution in [3.05, 3.63) is 84.0 Å². The van der Waals surface area contributed by atoms with Crippen LogP contribution < -0.4 is 0 Å². The molecular formula is C29H40N6. The lowest BCUT2D eigenvalue weighted by atomic mass is 10.0. The summed E-state index contributed by atoms with van der Waals surface area (Å²) in [5.41, 5.74) is 2.74. The molecule has 4 aromatic rings. The predicted octanol–water partition coefficient (Wildman–Crippen LogP) is 5.55. The maximum absolute atomic E-state index is 4.53. The largest absolute Gasteiger partial charge is 0.348 e. The van der Waals surface area contributed by atoms with E-state index < -0.39 is 0 Å². The molecule has 0 bridgehead atoms. The summed E-state index contributed by atoms with van der Waals surface area (Å²) in [7, 11) is 2.05. The van der Waals surface area contributed by atoms with Crippen LogP contribution in [0.1, 0.15) is 55.9 Å². The molecule has 0 atom stereocenters. The molecule has 1 N–H and O–H groups in total. The Kier molecular flexibility index (Phi) is 9.09. The van der Waals surface area contributed by atoms with Gasteiger partial charge >= 0.3 is 0 Å². The van der Waals surface area contributed by atoms with Gasteiger partial charge in [-0.15, -0.1) is 0 Å². The molecule has 2 aromatic heterocycles. The molecule has 0 saturated carbocycles. The number of aromatic nitrogens is 4. The van der Waals surface area contributed by atoms with Crippen molar-refractivity contribution in [1.29, 1.82) is 0 Å². The van der Waals surface area contributed by atoms with Gasteiger partial charge in [-0.05, 0) is 73.3 Å². The molecule has 35 heavy (non-hydrogen) atoms. The minimum atomic E-state index is 0.754. The van der Waals surface area contributed by atoms with Crippen molar-refractivity contribution in [3.63, 3.8) is 0 Å². The molecule has 2 heterocycles. The molecule has 0 unspecified atom stereocenters. The molecular weight excluding hydrogens is 432 g/mol. The number of nitrogens with zero attached hydrogens (tertiary/aromatic N) is 5. The topological polar surface area (TPSA) is 53.0 Å². The highest BCUT2D eigenvalue weighted by molar-refractivity contribution is 5.83. The molecule has 6 heteroatoms. The van der Waals surface area contributed by atoms with E-state index in [1.54, 1.807) is 0 Å². The van der Waals surface area contributed by atoms with Crippen LogP contribution in [0.3, 0.4) is 0 Å². The highest BCUT2D eigenvalue weighted by atomic mass is 15.2. The van der Waals surface area contributed by atoms with Gasteiger partial charge < -0.3 is 14.5 Å². The standard InChI is InChI=1S/C29H40N6/c1-4-15-34(16-5-2)17-6-7-24-8-10-27-20-25(9-11-26(27)19-24)21-35(22-28-30-12-13-31-28)23-29-32-14-18-33(29)3/h8-14,18-20H,4-7,15-17,21-23H2,1-3H3,(H,30,31). The maximum Gasteiger partial charge on any atom is 0.122 e. The SMILES string of the molecule is CCCN(CCC)CCCc1ccc2cc(CN(Cc3ncc[nH]3)Cc3nccn3C)ccc2c1. The van der Waals surface area contributed by atoms with Crippen molar-refractivity contribution in [2.24, 2.45) is 7.05 Å². The summed E-state index contributed by atoms with van der Waals surface area (Å²) < 4.78 is 2.08. The first kappa shape index (κ1) is 25.1. The Morgan fingerprint density at radius 1 is 0.800 bits per heavy atom. The van der Waals surface area contributed by atoms with Crippen LogP contribution >= 0.6 is 0 Å². The van der Waals surface area contributed by atoms with E-state index in [1.165, 1.54) is 60.8 Å². The van der Waals surface area contributed by atoms with Crippen LogP contribution in [-0.4, -0.2) is 49.0 Å². The van der Waals surface area contributed by atoms with E-state index in [1.807, 2.05) is 31.8 Å². The average molecular weight is 473 g/mol. The van der Waals surface area contributed by atoms with Crippen LogP contribution in [0.25, 0.3) is 10.8 Å². The van der Waals surface area contributed by atoms with Gasteiger partial charge in [-0.2, -0.15) is 0 Å². The summed E-state index contributed by atoms with van der Waals surface area (Å²) in [5, 5.41) is 2.63. The van der Waals surface area contributed by atoms with Crippen LogP contribution in [-0.2, 0) is 33.1 Å². The molecule has 2 aromatic carbocycles. The van der Waals surface area contributed by atoms with Crippen LogP contribution in [0.5, 0.6) is 0 Å². The maximum atomic E-state index is 4.53. The first-order chi connectivity index (χ1) is 17.1. The summed E-state index contributed by atoms with van der Waals surface area (Å²) in [6.07, 6.45) is 12.4. The number of fused-ring (bicyclic) bond motifs is 1. The summed E-state index contributed by atoms with van der Waals surface area (Å²) in [6.45, 7) is 10.5. The number of rotatable bonds is 14. The molecule has 0 radical (unpaired) electrons. The number of hydrogen-bond acceptors (Lipinski definition) is 4. The molecule has 186 valence electrons. The third-order valence-corrected chi connectivity index (χ3v) is 6.61. The van der Waals surface area contributed by atoms with Crippen molar-refractivity contribution < 1.29 is 0 Å². The number of hydrogen-bond donors (Lipinski definition) is 1. The third-order valence-electron chi connectivity index (χ3n) is 6.61. The van der Waals surface area contributed by atoms with Crippen molar-refractivity contribution in [3.8, 4) is 0 Å². The van der Waals surface area contributed by atoms with Crippen LogP contribution in [0, 0.1) is 0 Å². The second kappa shape index (κ2) is 12.7. The average Bonchev–Trinajstić information content (AvgIpc) is 3.51. The van der Waals surface area contributed by atoms with Gasteiger partial charge in [0.2, 0.25) is 0 Å². The van der Waals surface area contributed by atoms with Crippen LogP contribution in [0.2, 0.25) is 0 Å². The quantitative estimate of drug-likeness (QED) is 0.261. The van der Waals surface area contributed by atoms with Crippen LogP contribution in [0.15, 0.2) is 61.2 Å². The van der Waals surface area contributed by atoms with E-state index in [0.29, 0.717) is 0 Å². The molecule has 6 nitrogen and oxygen atoms in total. The van der Waals surface area contributed by atoms with Crippen molar-refractivity contribution >= 4 is 10.8 Å². The van der Waals surface area contributed by atoms with Crippen LogP contribution in [0.4, 0.5) is 0 Å². The van der Waals surface area contributed by atoms with Gasteiger partial charge in [0.15, 0.2) is 0 Å². The van der Waals surface area contributed by atoms with Gasteiger partial charge in [0.05, 0.1) is 13.1 Å². The number of imidazole rings is 2. The first-order valence-electron chi connectivity index (χ1n) is 13.0. The first-order valence-corrected chi connectivity index (χ1v) is 13.0. The van der Waals surface area contributed by atoms with Gasteiger partial charge in [0.1, 0.15) is 11.6 Å². The summed E-state index contributed by atoms with van der Waals surface area (Å²) in [4.78, 5) is 17.2. The molecule has 0 saturated heterocycles. The summed E-state index contributed by atoms with van der Waals surface area (Å²) in [5.74, 6) is 2.03. The lowest BCUT2D eigenvalue weighted by Crippen LogP contribution is -2.26. The summed E-state index contributed by atoms with van der Waals surface area (Å²) >= 11 is 0. The highest BCUT2D eigenvalue weighted by Gasteiger charge is 2.13. The fraction of sp³-hybridized carbons (Fsp3) is 0.448. The zero-order valence-electron chi connectivity index (χ0n) is 21.6. The van der Waals surface area contributed by atoms with Gasteiger partial charge in [-0.3, -0.25) is 4.90 Å². The molecule has 0 aliphatic carbocycles. The fourth-order valence-corrected chi connectivity index (χ4v) is 4.84. The van der Waals surface area contributed by atoms with Gasteiger partial charge in [-0.1, -0.05) is 44.2 Å². The van der Waals surface area contributed by atoms with Crippen molar-refractivity contribution in [2.75, 3.05) is 19.6 Å². The predicted molar refractivity (Wildman–Crippen MR) is 144 cm³/mol. The van der Waals surface area contributed by atoms with E-state index in [-0.39, 0.29) is 0 Å².